The smallest absolute Gasteiger partial charge is 0.270 e. The van der Waals surface area contributed by atoms with Crippen molar-refractivity contribution in [2.75, 3.05) is 13.1 Å². The number of halogens is 1. The van der Waals surface area contributed by atoms with Crippen molar-refractivity contribution in [2.45, 2.75) is 51.2 Å². The summed E-state index contributed by atoms with van der Waals surface area (Å²) in [4.78, 5) is 15.0. The van der Waals surface area contributed by atoms with Gasteiger partial charge in [0, 0.05) is 35.8 Å². The van der Waals surface area contributed by atoms with Crippen LogP contribution in [0.2, 0.25) is 0 Å². The number of amides is 1. The Morgan fingerprint density at radius 1 is 1.50 bits per heavy atom. The normalized spacial score (nSPS) is 22.2. The van der Waals surface area contributed by atoms with Crippen LogP contribution in [0.4, 0.5) is 0 Å². The van der Waals surface area contributed by atoms with Crippen LogP contribution in [0.25, 0.3) is 0 Å². The molecule has 2 aliphatic rings. The SMILES string of the molecule is CCn1cc(Br)cc1C(=O)N(CC1CCCN1)C1CC1. The standard InChI is InChI=1S/C15H22BrN3O/c1-2-18-9-11(16)8-14(18)15(20)19(13-5-6-13)10-12-4-3-7-17-12/h8-9,12-13,17H,2-7,10H2,1H3. The summed E-state index contributed by atoms with van der Waals surface area (Å²) in [5, 5.41) is 3.50. The van der Waals surface area contributed by atoms with Gasteiger partial charge in [-0.15, -0.1) is 0 Å². The second-order valence-electron chi connectivity index (χ2n) is 5.81. The first-order valence-electron chi connectivity index (χ1n) is 7.59. The molecule has 3 rings (SSSR count). The second kappa shape index (κ2) is 5.90. The van der Waals surface area contributed by atoms with Crippen LogP contribution in [0, 0.1) is 0 Å². The number of carbonyl (C=O) groups is 1. The number of aryl methyl sites for hydroxylation is 1. The summed E-state index contributed by atoms with van der Waals surface area (Å²) >= 11 is 3.48. The van der Waals surface area contributed by atoms with Gasteiger partial charge in [-0.3, -0.25) is 4.79 Å². The molecule has 1 atom stereocenters. The van der Waals surface area contributed by atoms with E-state index in [1.54, 1.807) is 0 Å². The number of nitrogens with one attached hydrogen (secondary N) is 1. The van der Waals surface area contributed by atoms with Crippen molar-refractivity contribution in [1.29, 1.82) is 0 Å². The molecule has 0 aromatic carbocycles. The van der Waals surface area contributed by atoms with E-state index in [0.29, 0.717) is 12.1 Å². The van der Waals surface area contributed by atoms with Gasteiger partial charge in [-0.2, -0.15) is 0 Å². The van der Waals surface area contributed by atoms with Crippen molar-refractivity contribution in [1.82, 2.24) is 14.8 Å². The molecule has 1 aliphatic heterocycles. The predicted molar refractivity (Wildman–Crippen MR) is 82.9 cm³/mol. The molecule has 1 saturated carbocycles. The van der Waals surface area contributed by atoms with E-state index < -0.39 is 0 Å². The van der Waals surface area contributed by atoms with E-state index in [4.69, 9.17) is 0 Å². The van der Waals surface area contributed by atoms with Gasteiger partial charge < -0.3 is 14.8 Å². The minimum absolute atomic E-state index is 0.189. The first kappa shape index (κ1) is 14.1. The molecule has 0 spiro atoms. The van der Waals surface area contributed by atoms with Gasteiger partial charge >= 0.3 is 0 Å². The Bertz CT molecular complexity index is 489. The monoisotopic (exact) mass is 339 g/mol. The molecular formula is C15H22BrN3O. The lowest BCUT2D eigenvalue weighted by atomic mass is 10.2. The van der Waals surface area contributed by atoms with Crippen molar-refractivity contribution < 1.29 is 4.79 Å². The Labute approximate surface area is 128 Å². The van der Waals surface area contributed by atoms with Gasteiger partial charge in [0.1, 0.15) is 5.69 Å². The van der Waals surface area contributed by atoms with Crippen LogP contribution in [0.5, 0.6) is 0 Å². The van der Waals surface area contributed by atoms with Gasteiger partial charge in [-0.25, -0.2) is 0 Å². The highest BCUT2D eigenvalue weighted by Gasteiger charge is 2.35. The van der Waals surface area contributed by atoms with E-state index in [2.05, 4.69) is 33.1 Å². The van der Waals surface area contributed by atoms with Gasteiger partial charge in [-0.1, -0.05) is 0 Å². The molecule has 1 amide bonds. The maximum Gasteiger partial charge on any atom is 0.270 e. The van der Waals surface area contributed by atoms with E-state index in [-0.39, 0.29) is 5.91 Å². The maximum absolute atomic E-state index is 12.9. The maximum atomic E-state index is 12.9. The minimum atomic E-state index is 0.189. The lowest BCUT2D eigenvalue weighted by Gasteiger charge is -2.26. The highest BCUT2D eigenvalue weighted by atomic mass is 79.9. The van der Waals surface area contributed by atoms with Crippen molar-refractivity contribution in [3.63, 3.8) is 0 Å². The van der Waals surface area contributed by atoms with Crippen LogP contribution < -0.4 is 5.32 Å². The molecule has 1 aliphatic carbocycles. The van der Waals surface area contributed by atoms with Gasteiger partial charge in [0.25, 0.3) is 5.91 Å². The lowest BCUT2D eigenvalue weighted by molar-refractivity contribution is 0.0717. The predicted octanol–water partition coefficient (Wildman–Crippen LogP) is 2.63. The Kier molecular flexibility index (Phi) is 4.17. The number of aromatic nitrogens is 1. The zero-order valence-corrected chi connectivity index (χ0v) is 13.5. The zero-order valence-electron chi connectivity index (χ0n) is 11.9. The largest absolute Gasteiger partial charge is 0.343 e. The van der Waals surface area contributed by atoms with Crippen molar-refractivity contribution in [2.24, 2.45) is 0 Å². The van der Waals surface area contributed by atoms with Crippen LogP contribution >= 0.6 is 15.9 Å². The van der Waals surface area contributed by atoms with Gasteiger partial charge in [-0.05, 0) is 61.1 Å². The molecule has 20 heavy (non-hydrogen) atoms. The molecule has 0 bridgehead atoms. The summed E-state index contributed by atoms with van der Waals surface area (Å²) in [6.45, 7) is 4.85. The molecule has 110 valence electrons. The molecule has 1 aromatic heterocycles. The summed E-state index contributed by atoms with van der Waals surface area (Å²) in [5.74, 6) is 0.189. The summed E-state index contributed by atoms with van der Waals surface area (Å²) in [7, 11) is 0. The Hall–Kier alpha value is -0.810. The fourth-order valence-electron chi connectivity index (χ4n) is 3.00. The number of hydrogen-bond acceptors (Lipinski definition) is 2. The topological polar surface area (TPSA) is 37.3 Å². The Balaban J connectivity index is 1.77. The first-order chi connectivity index (χ1) is 9.69. The molecular weight excluding hydrogens is 318 g/mol. The minimum Gasteiger partial charge on any atom is -0.343 e. The number of carbonyl (C=O) groups excluding carboxylic acids is 1. The quantitative estimate of drug-likeness (QED) is 0.895. The summed E-state index contributed by atoms with van der Waals surface area (Å²) in [5.41, 5.74) is 0.810. The highest BCUT2D eigenvalue weighted by Crippen LogP contribution is 2.30. The van der Waals surface area contributed by atoms with Crippen molar-refractivity contribution in [3.8, 4) is 0 Å². The van der Waals surface area contributed by atoms with E-state index >= 15 is 0 Å². The van der Waals surface area contributed by atoms with Crippen LogP contribution in [0.1, 0.15) is 43.1 Å². The molecule has 1 unspecified atom stereocenters. The molecule has 5 heteroatoms. The summed E-state index contributed by atoms with van der Waals surface area (Å²) in [6.07, 6.45) is 6.73. The van der Waals surface area contributed by atoms with Crippen molar-refractivity contribution in [3.05, 3.63) is 22.4 Å². The van der Waals surface area contributed by atoms with Crippen LogP contribution in [-0.2, 0) is 6.54 Å². The highest BCUT2D eigenvalue weighted by molar-refractivity contribution is 9.10. The van der Waals surface area contributed by atoms with Crippen LogP contribution in [0.15, 0.2) is 16.7 Å². The fraction of sp³-hybridized carbons (Fsp3) is 0.667. The number of nitrogens with zero attached hydrogens (tertiary/aromatic N) is 2. The first-order valence-corrected chi connectivity index (χ1v) is 8.38. The number of hydrogen-bond donors (Lipinski definition) is 1. The molecule has 0 radical (unpaired) electrons. The molecule has 2 fully saturated rings. The fourth-order valence-corrected chi connectivity index (χ4v) is 3.46. The van der Waals surface area contributed by atoms with Crippen LogP contribution in [0.3, 0.4) is 0 Å². The zero-order chi connectivity index (χ0) is 14.1. The van der Waals surface area contributed by atoms with E-state index in [1.807, 2.05) is 16.8 Å². The molecule has 1 N–H and O–H groups in total. The van der Waals surface area contributed by atoms with E-state index in [9.17, 15) is 4.79 Å². The van der Waals surface area contributed by atoms with Gasteiger partial charge in [0.05, 0.1) is 0 Å². The molecule has 4 nitrogen and oxygen atoms in total. The average Bonchev–Trinajstić information content (AvgIpc) is 3.01. The Morgan fingerprint density at radius 2 is 2.30 bits per heavy atom. The van der Waals surface area contributed by atoms with E-state index in [0.717, 1.165) is 42.6 Å². The van der Waals surface area contributed by atoms with Crippen molar-refractivity contribution >= 4 is 21.8 Å². The summed E-state index contributed by atoms with van der Waals surface area (Å²) < 4.78 is 3.02. The third kappa shape index (κ3) is 2.93. The number of rotatable bonds is 5. The van der Waals surface area contributed by atoms with Crippen LogP contribution in [-0.4, -0.2) is 40.5 Å². The molecule has 2 heterocycles. The Morgan fingerprint density at radius 3 is 2.90 bits per heavy atom. The third-order valence-electron chi connectivity index (χ3n) is 4.25. The average molecular weight is 340 g/mol. The molecule has 1 aromatic rings. The van der Waals surface area contributed by atoms with E-state index in [1.165, 1.54) is 12.8 Å². The second-order valence-corrected chi connectivity index (χ2v) is 6.73. The van der Waals surface area contributed by atoms with Gasteiger partial charge in [0.2, 0.25) is 0 Å². The lowest BCUT2D eigenvalue weighted by Crippen LogP contribution is -2.43. The van der Waals surface area contributed by atoms with Gasteiger partial charge in [0.15, 0.2) is 0 Å². The summed E-state index contributed by atoms with van der Waals surface area (Å²) in [6, 6.07) is 2.89. The molecule has 1 saturated heterocycles. The third-order valence-corrected chi connectivity index (χ3v) is 4.68.